The zero-order valence-electron chi connectivity index (χ0n) is 17.4. The third kappa shape index (κ3) is 6.87. The van der Waals surface area contributed by atoms with Crippen LogP contribution in [-0.2, 0) is 21.4 Å². The minimum Gasteiger partial charge on any atom is -0.480 e. The van der Waals surface area contributed by atoms with Crippen molar-refractivity contribution in [3.63, 3.8) is 0 Å². The largest absolute Gasteiger partial charge is 0.480 e. The summed E-state index contributed by atoms with van der Waals surface area (Å²) in [5.41, 5.74) is 12.5. The molecule has 1 aromatic carbocycles. The maximum atomic E-state index is 13.3. The molecule has 0 fully saturated rings. The molecule has 1 heterocycles. The van der Waals surface area contributed by atoms with Crippen LogP contribution in [0, 0.1) is 6.92 Å². The molecule has 0 aliphatic heterocycles. The first kappa shape index (κ1) is 25.0. The lowest BCUT2D eigenvalue weighted by atomic mass is 10.1. The van der Waals surface area contributed by atoms with Gasteiger partial charge in [0.1, 0.15) is 6.54 Å². The van der Waals surface area contributed by atoms with Crippen LogP contribution >= 0.6 is 11.6 Å². The topological polar surface area (TPSA) is 164 Å². The first-order chi connectivity index (χ1) is 15.0. The number of allylic oxidation sites excluding steroid dienone is 1. The number of aromatic nitrogens is 1. The second-order valence-electron chi connectivity index (χ2n) is 6.71. The van der Waals surface area contributed by atoms with E-state index < -0.39 is 22.5 Å². The summed E-state index contributed by atoms with van der Waals surface area (Å²) in [6.45, 7) is 2.43. The van der Waals surface area contributed by atoms with Crippen molar-refractivity contribution >= 4 is 39.4 Å². The van der Waals surface area contributed by atoms with Crippen LogP contribution in [0.3, 0.4) is 0 Å². The molecule has 32 heavy (non-hydrogen) atoms. The SMILES string of the molecule is C/C(Cl)=C\N=C(N=C(N)N)c1cc(S(=O)(=O)N(CC(=O)O)Cc2cccnc2)ccc1C. The molecular formula is C20H23ClN6O4S. The number of rotatable bonds is 8. The minimum atomic E-state index is -4.21. The molecule has 0 unspecified atom stereocenters. The standard InChI is InChI=1S/C20H23ClN6O4S/c1-13-5-6-16(8-17(13)19(26-20(22)23)25-9-14(2)21)32(30,31)27(12-18(28)29)11-15-4-3-7-24-10-15/h3-10H,11-12H2,1-2H3,(H,28,29)(H4,22,23,25,26)/b14-9+. The molecule has 0 spiro atoms. The fourth-order valence-corrected chi connectivity index (χ4v) is 4.11. The van der Waals surface area contributed by atoms with Crippen molar-refractivity contribution in [2.24, 2.45) is 21.5 Å². The normalized spacial score (nSPS) is 12.6. The van der Waals surface area contributed by atoms with Crippen LogP contribution in [0.2, 0.25) is 0 Å². The van der Waals surface area contributed by atoms with Crippen molar-refractivity contribution in [1.29, 1.82) is 0 Å². The van der Waals surface area contributed by atoms with Crippen LogP contribution in [0.1, 0.15) is 23.6 Å². The number of aliphatic carboxylic acids is 1. The second kappa shape index (κ2) is 10.8. The number of pyridine rings is 1. The van der Waals surface area contributed by atoms with E-state index in [0.717, 1.165) is 4.31 Å². The smallest absolute Gasteiger partial charge is 0.318 e. The predicted molar refractivity (Wildman–Crippen MR) is 123 cm³/mol. The fraction of sp³-hybridized carbons (Fsp3) is 0.200. The summed E-state index contributed by atoms with van der Waals surface area (Å²) in [6.07, 6.45) is 4.33. The Morgan fingerprint density at radius 3 is 2.59 bits per heavy atom. The zero-order valence-corrected chi connectivity index (χ0v) is 19.0. The van der Waals surface area contributed by atoms with E-state index in [1.54, 1.807) is 32.0 Å². The van der Waals surface area contributed by atoms with Crippen molar-refractivity contribution in [1.82, 2.24) is 9.29 Å². The number of carboxylic acid groups (broad SMARTS) is 1. The van der Waals surface area contributed by atoms with Gasteiger partial charge >= 0.3 is 5.97 Å². The van der Waals surface area contributed by atoms with Crippen LogP contribution in [0.4, 0.5) is 0 Å². The molecule has 12 heteroatoms. The number of benzene rings is 1. The van der Waals surface area contributed by atoms with Gasteiger partial charge in [0, 0.05) is 35.7 Å². The Bertz CT molecular complexity index is 1170. The molecule has 5 N–H and O–H groups in total. The lowest BCUT2D eigenvalue weighted by molar-refractivity contribution is -0.137. The number of guanidine groups is 1. The van der Waals surface area contributed by atoms with Crippen molar-refractivity contribution < 1.29 is 18.3 Å². The van der Waals surface area contributed by atoms with Gasteiger partial charge in [-0.05, 0) is 43.2 Å². The molecule has 1 aromatic heterocycles. The van der Waals surface area contributed by atoms with Crippen molar-refractivity contribution in [2.45, 2.75) is 25.3 Å². The van der Waals surface area contributed by atoms with Gasteiger partial charge in [0.15, 0.2) is 11.8 Å². The number of carbonyl (C=O) groups is 1. The summed E-state index contributed by atoms with van der Waals surface area (Å²) in [5, 5.41) is 9.63. The highest BCUT2D eigenvalue weighted by Gasteiger charge is 2.28. The molecular weight excluding hydrogens is 456 g/mol. The molecule has 0 atom stereocenters. The van der Waals surface area contributed by atoms with Gasteiger partial charge in [0.25, 0.3) is 0 Å². The molecule has 2 aromatic rings. The average Bonchev–Trinajstić information content (AvgIpc) is 2.71. The third-order valence-electron chi connectivity index (χ3n) is 4.08. The highest BCUT2D eigenvalue weighted by Crippen LogP contribution is 2.22. The Morgan fingerprint density at radius 2 is 2.03 bits per heavy atom. The van der Waals surface area contributed by atoms with Gasteiger partial charge in [0.2, 0.25) is 10.0 Å². The monoisotopic (exact) mass is 478 g/mol. The summed E-state index contributed by atoms with van der Waals surface area (Å²) in [5.74, 6) is -1.52. The first-order valence-electron chi connectivity index (χ1n) is 9.22. The number of sulfonamides is 1. The van der Waals surface area contributed by atoms with Crippen LogP contribution in [0.25, 0.3) is 0 Å². The summed E-state index contributed by atoms with van der Waals surface area (Å²) in [6, 6.07) is 7.56. The number of nitrogens with zero attached hydrogens (tertiary/aromatic N) is 4. The minimum absolute atomic E-state index is 0.0524. The predicted octanol–water partition coefficient (Wildman–Crippen LogP) is 1.79. The third-order valence-corrected chi connectivity index (χ3v) is 5.97. The quantitative estimate of drug-likeness (QED) is 0.384. The van der Waals surface area contributed by atoms with Crippen molar-refractivity contribution in [3.8, 4) is 0 Å². The maximum Gasteiger partial charge on any atom is 0.318 e. The molecule has 2 rings (SSSR count). The maximum absolute atomic E-state index is 13.3. The molecule has 0 bridgehead atoms. The van der Waals surface area contributed by atoms with Crippen LogP contribution in [0.15, 0.2) is 68.8 Å². The van der Waals surface area contributed by atoms with Gasteiger partial charge < -0.3 is 16.6 Å². The molecule has 0 aliphatic carbocycles. The van der Waals surface area contributed by atoms with Crippen LogP contribution in [0.5, 0.6) is 0 Å². The molecule has 0 aliphatic rings. The summed E-state index contributed by atoms with van der Waals surface area (Å²) >= 11 is 5.84. The van der Waals surface area contributed by atoms with E-state index in [9.17, 15) is 18.3 Å². The summed E-state index contributed by atoms with van der Waals surface area (Å²) in [7, 11) is -4.21. The number of aliphatic imine (C=N–C) groups is 2. The number of aryl methyl sites for hydroxylation is 1. The molecule has 0 amide bonds. The summed E-state index contributed by atoms with van der Waals surface area (Å²) in [4.78, 5) is 23.3. The number of carboxylic acids is 1. The van der Waals surface area contributed by atoms with Gasteiger partial charge in [-0.15, -0.1) is 0 Å². The lowest BCUT2D eigenvalue weighted by Crippen LogP contribution is -2.35. The second-order valence-corrected chi connectivity index (χ2v) is 9.24. The Morgan fingerprint density at radius 1 is 1.31 bits per heavy atom. The Labute approximate surface area is 191 Å². The Kier molecular flexibility index (Phi) is 8.47. The fourth-order valence-electron chi connectivity index (χ4n) is 2.65. The molecule has 0 saturated carbocycles. The van der Waals surface area contributed by atoms with Gasteiger partial charge in [-0.1, -0.05) is 23.7 Å². The van der Waals surface area contributed by atoms with E-state index >= 15 is 0 Å². The molecule has 170 valence electrons. The van der Waals surface area contributed by atoms with Crippen molar-refractivity contribution in [2.75, 3.05) is 6.54 Å². The van der Waals surface area contributed by atoms with Crippen LogP contribution < -0.4 is 11.5 Å². The van der Waals surface area contributed by atoms with E-state index in [-0.39, 0.29) is 23.2 Å². The Balaban J connectivity index is 2.59. The number of hydrogen-bond donors (Lipinski definition) is 3. The van der Waals surface area contributed by atoms with E-state index in [4.69, 9.17) is 23.1 Å². The molecule has 0 saturated heterocycles. The lowest BCUT2D eigenvalue weighted by Gasteiger charge is -2.21. The first-order valence-corrected chi connectivity index (χ1v) is 11.0. The van der Waals surface area contributed by atoms with Crippen LogP contribution in [-0.4, -0.2) is 47.1 Å². The van der Waals surface area contributed by atoms with Gasteiger partial charge in [-0.2, -0.15) is 9.30 Å². The number of nitrogens with two attached hydrogens (primary N) is 2. The van der Waals surface area contributed by atoms with Gasteiger partial charge in [-0.3, -0.25) is 9.78 Å². The van der Waals surface area contributed by atoms with E-state index in [2.05, 4.69) is 15.0 Å². The number of halogens is 1. The highest BCUT2D eigenvalue weighted by atomic mass is 35.5. The average molecular weight is 479 g/mol. The molecule has 10 nitrogen and oxygen atoms in total. The number of hydrogen-bond acceptors (Lipinski definition) is 5. The highest BCUT2D eigenvalue weighted by molar-refractivity contribution is 7.89. The van der Waals surface area contributed by atoms with E-state index in [1.165, 1.54) is 30.7 Å². The van der Waals surface area contributed by atoms with Gasteiger partial charge in [0.05, 0.1) is 4.90 Å². The number of amidine groups is 1. The van der Waals surface area contributed by atoms with Crippen molar-refractivity contribution in [3.05, 3.63) is 70.6 Å². The molecule has 0 radical (unpaired) electrons. The van der Waals surface area contributed by atoms with E-state index in [1.807, 2.05) is 0 Å². The summed E-state index contributed by atoms with van der Waals surface area (Å²) < 4.78 is 27.5. The zero-order chi connectivity index (χ0) is 23.9. The van der Waals surface area contributed by atoms with E-state index in [0.29, 0.717) is 21.7 Å². The Hall–Kier alpha value is -3.28. The van der Waals surface area contributed by atoms with Gasteiger partial charge in [-0.25, -0.2) is 13.4 Å².